The molecule has 12 nitrogen and oxygen atoms in total. The van der Waals surface area contributed by atoms with Crippen LogP contribution < -0.4 is 47.4 Å². The number of ether oxygens (including phenoxy) is 10. The van der Waals surface area contributed by atoms with Gasteiger partial charge in [0, 0.05) is 16.6 Å². The van der Waals surface area contributed by atoms with Crippen molar-refractivity contribution < 1.29 is 57.0 Å². The molecule has 0 fully saturated rings. The Hall–Kier alpha value is -4.74. The topological polar surface area (TPSA) is 126 Å². The molecule has 0 aromatic heterocycles. The highest BCUT2D eigenvalue weighted by atomic mass is 16.6. The van der Waals surface area contributed by atoms with Gasteiger partial charge in [0.25, 0.3) is 0 Å². The predicted octanol–water partition coefficient (Wildman–Crippen LogP) is 5.04. The molecule has 0 saturated heterocycles. The van der Waals surface area contributed by atoms with Gasteiger partial charge >= 0.3 is 11.9 Å². The predicted molar refractivity (Wildman–Crippen MR) is 158 cm³/mol. The molecule has 12 heteroatoms. The number of methoxy groups -OCH3 is 8. The minimum Gasteiger partial charge on any atom is -0.492 e. The van der Waals surface area contributed by atoms with Crippen LogP contribution in [-0.4, -0.2) is 68.8 Å². The molecule has 43 heavy (non-hydrogen) atoms. The van der Waals surface area contributed by atoms with E-state index in [1.54, 1.807) is 0 Å². The minimum atomic E-state index is -1.18. The number of benzene rings is 2. The van der Waals surface area contributed by atoms with Gasteiger partial charge in [0.05, 0.1) is 68.0 Å². The lowest BCUT2D eigenvalue weighted by Gasteiger charge is -2.35. The van der Waals surface area contributed by atoms with E-state index in [1.807, 2.05) is 13.8 Å². The summed E-state index contributed by atoms with van der Waals surface area (Å²) in [7, 11) is 11.2. The Morgan fingerprint density at radius 3 is 0.814 bits per heavy atom. The third-order valence-corrected chi connectivity index (χ3v) is 6.53. The molecular formula is C31H40O12. The van der Waals surface area contributed by atoms with Crippen molar-refractivity contribution in [1.29, 1.82) is 0 Å². The molecule has 0 bridgehead atoms. The summed E-state index contributed by atoms with van der Waals surface area (Å²) in [5.41, 5.74) is -0.120. The Morgan fingerprint density at radius 1 is 0.442 bits per heavy atom. The molecule has 0 aliphatic heterocycles. The molecule has 0 amide bonds. The summed E-state index contributed by atoms with van der Waals surface area (Å²) in [4.78, 5) is 25.2. The quantitative estimate of drug-likeness (QED) is 0.163. The lowest BCUT2D eigenvalue weighted by atomic mass is 9.75. The summed E-state index contributed by atoms with van der Waals surface area (Å²) >= 11 is 0. The fourth-order valence-corrected chi connectivity index (χ4v) is 4.60. The van der Waals surface area contributed by atoms with Crippen LogP contribution in [0.15, 0.2) is 24.3 Å². The average Bonchev–Trinajstić information content (AvgIpc) is 2.98. The normalized spacial score (nSPS) is 10.7. The molecule has 0 N–H and O–H groups in total. The zero-order valence-electron chi connectivity index (χ0n) is 26.8. The summed E-state index contributed by atoms with van der Waals surface area (Å²) in [6.07, 6.45) is 0. The van der Waals surface area contributed by atoms with E-state index < -0.39 is 17.4 Å². The van der Waals surface area contributed by atoms with Gasteiger partial charge in [-0.05, 0) is 13.8 Å². The van der Waals surface area contributed by atoms with Crippen molar-refractivity contribution in [2.24, 2.45) is 0 Å². The number of esters is 2. The van der Waals surface area contributed by atoms with Gasteiger partial charge in [-0.15, -0.1) is 0 Å². The summed E-state index contributed by atoms with van der Waals surface area (Å²) in [5.74, 6) is -0.833. The molecule has 0 unspecified atom stereocenters. The van der Waals surface area contributed by atoms with Crippen LogP contribution >= 0.6 is 0 Å². The highest BCUT2D eigenvalue weighted by Gasteiger charge is 2.44. The molecule has 0 atom stereocenters. The van der Waals surface area contributed by atoms with Crippen LogP contribution in [-0.2, 0) is 15.0 Å². The standard InChI is InChI=1S/C31H40O12/c1-15(2)29(32)42-27-23(38-11)19(34-7)17(20(35-8)24(27)39-12)31(5,6)18-21(36-9)25(40-13)28(43-30(33)16(3)4)26(41-14)22(18)37-10/h1,3H2,2,4-14H3. The van der Waals surface area contributed by atoms with E-state index in [9.17, 15) is 9.59 Å². The second-order valence-electron chi connectivity index (χ2n) is 9.64. The van der Waals surface area contributed by atoms with Crippen LogP contribution in [0.5, 0.6) is 57.5 Å². The largest absolute Gasteiger partial charge is 0.492 e. The maximum absolute atomic E-state index is 12.6. The number of rotatable bonds is 14. The van der Waals surface area contributed by atoms with E-state index in [2.05, 4.69) is 13.2 Å². The molecule has 0 aliphatic rings. The smallest absolute Gasteiger partial charge is 0.338 e. The summed E-state index contributed by atoms with van der Waals surface area (Å²) in [6.45, 7) is 13.9. The second kappa shape index (κ2) is 14.0. The van der Waals surface area contributed by atoms with E-state index in [1.165, 1.54) is 70.7 Å². The summed E-state index contributed by atoms with van der Waals surface area (Å²) in [6, 6.07) is 0. The van der Waals surface area contributed by atoms with Crippen molar-refractivity contribution in [1.82, 2.24) is 0 Å². The van der Waals surface area contributed by atoms with Gasteiger partial charge in [-0.25, -0.2) is 9.59 Å². The van der Waals surface area contributed by atoms with E-state index >= 15 is 0 Å². The van der Waals surface area contributed by atoms with E-state index in [0.29, 0.717) is 11.1 Å². The Morgan fingerprint density at radius 2 is 0.651 bits per heavy atom. The number of hydrogen-bond acceptors (Lipinski definition) is 12. The van der Waals surface area contributed by atoms with Gasteiger partial charge in [0.1, 0.15) is 0 Å². The molecule has 0 radical (unpaired) electrons. The van der Waals surface area contributed by atoms with Crippen molar-refractivity contribution in [3.63, 3.8) is 0 Å². The fourth-order valence-electron chi connectivity index (χ4n) is 4.60. The molecular weight excluding hydrogens is 564 g/mol. The average molecular weight is 605 g/mol. The molecule has 0 aliphatic carbocycles. The van der Waals surface area contributed by atoms with Crippen LogP contribution in [0, 0.1) is 0 Å². The Labute approximate surface area is 252 Å². The van der Waals surface area contributed by atoms with Gasteiger partial charge < -0.3 is 47.4 Å². The molecule has 236 valence electrons. The molecule has 0 heterocycles. The van der Waals surface area contributed by atoms with E-state index in [4.69, 9.17) is 47.4 Å². The third-order valence-electron chi connectivity index (χ3n) is 6.53. The van der Waals surface area contributed by atoms with Crippen LogP contribution in [0.1, 0.15) is 38.8 Å². The molecule has 2 aromatic rings. The number of carbonyl (C=O) groups excluding carboxylic acids is 2. The van der Waals surface area contributed by atoms with Crippen molar-refractivity contribution in [2.75, 3.05) is 56.9 Å². The Kier molecular flexibility index (Phi) is 11.2. The number of carbonyl (C=O) groups is 2. The first-order valence-electron chi connectivity index (χ1n) is 12.8. The minimum absolute atomic E-state index is 0.0432. The number of hydrogen-bond donors (Lipinski definition) is 0. The first-order chi connectivity index (χ1) is 20.3. The fraction of sp³-hybridized carbons (Fsp3) is 0.419. The van der Waals surface area contributed by atoms with Crippen LogP contribution in [0.2, 0.25) is 0 Å². The van der Waals surface area contributed by atoms with Gasteiger partial charge in [-0.2, -0.15) is 0 Å². The molecule has 2 rings (SSSR count). The highest BCUT2D eigenvalue weighted by molar-refractivity contribution is 5.92. The lowest BCUT2D eigenvalue weighted by Crippen LogP contribution is -2.25. The zero-order chi connectivity index (χ0) is 32.8. The van der Waals surface area contributed by atoms with Gasteiger partial charge in [-0.1, -0.05) is 27.0 Å². The zero-order valence-corrected chi connectivity index (χ0v) is 26.8. The maximum Gasteiger partial charge on any atom is 0.338 e. The monoisotopic (exact) mass is 604 g/mol. The third kappa shape index (κ3) is 6.08. The van der Waals surface area contributed by atoms with Crippen molar-refractivity contribution in [3.05, 3.63) is 35.4 Å². The van der Waals surface area contributed by atoms with Crippen molar-refractivity contribution in [3.8, 4) is 57.5 Å². The SMILES string of the molecule is C=C(C)C(=O)Oc1c(OC)c(OC)c(C(C)(C)c2c(OC)c(OC)c(OC(=O)C(=C)C)c(OC)c2OC)c(OC)c1OC. The van der Waals surface area contributed by atoms with Crippen LogP contribution in [0.4, 0.5) is 0 Å². The molecule has 0 spiro atoms. The van der Waals surface area contributed by atoms with Gasteiger partial charge in [0.2, 0.25) is 34.5 Å². The summed E-state index contributed by atoms with van der Waals surface area (Å²) in [5, 5.41) is 0. The van der Waals surface area contributed by atoms with Crippen LogP contribution in [0.3, 0.4) is 0 Å². The van der Waals surface area contributed by atoms with Gasteiger partial charge in [0.15, 0.2) is 23.0 Å². The Bertz CT molecular complexity index is 1250. The lowest BCUT2D eigenvalue weighted by molar-refractivity contribution is -0.131. The first kappa shape index (κ1) is 34.5. The van der Waals surface area contributed by atoms with E-state index in [-0.39, 0.29) is 68.6 Å². The summed E-state index contributed by atoms with van der Waals surface area (Å²) < 4.78 is 57.5. The highest BCUT2D eigenvalue weighted by Crippen LogP contribution is 2.63. The van der Waals surface area contributed by atoms with E-state index in [0.717, 1.165) is 0 Å². The second-order valence-corrected chi connectivity index (χ2v) is 9.64. The van der Waals surface area contributed by atoms with Gasteiger partial charge in [-0.3, -0.25) is 0 Å². The maximum atomic E-state index is 12.6. The van der Waals surface area contributed by atoms with Crippen molar-refractivity contribution in [2.45, 2.75) is 33.1 Å². The Balaban J connectivity index is 3.23. The molecule has 0 saturated carbocycles. The van der Waals surface area contributed by atoms with Crippen molar-refractivity contribution >= 4 is 11.9 Å². The first-order valence-corrected chi connectivity index (χ1v) is 12.8. The molecule has 2 aromatic carbocycles. The van der Waals surface area contributed by atoms with Crippen LogP contribution in [0.25, 0.3) is 0 Å².